The highest BCUT2D eigenvalue weighted by molar-refractivity contribution is 5.17. The molecule has 0 saturated heterocycles. The minimum Gasteiger partial charge on any atom is -0.320 e. The Morgan fingerprint density at radius 2 is 1.94 bits per heavy atom. The van der Waals surface area contributed by atoms with Crippen LogP contribution in [0.3, 0.4) is 0 Å². The van der Waals surface area contributed by atoms with Gasteiger partial charge in [-0.3, -0.25) is 0 Å². The van der Waals surface area contributed by atoms with Gasteiger partial charge >= 0.3 is 0 Å². The van der Waals surface area contributed by atoms with Crippen LogP contribution in [0, 0.1) is 5.82 Å². The summed E-state index contributed by atoms with van der Waals surface area (Å²) in [5.74, 6) is -0.0870. The molecule has 0 bridgehead atoms. The molecule has 1 rings (SSSR count). The number of hydrogen-bond donors (Lipinski definition) is 1. The van der Waals surface area contributed by atoms with Crippen LogP contribution in [0.2, 0.25) is 0 Å². The summed E-state index contributed by atoms with van der Waals surface area (Å²) in [6.45, 7) is 3.07. The minimum atomic E-state index is -0.0870. The number of nitrogens with zero attached hydrogens (tertiary/aromatic N) is 1. The Hall–Kier alpha value is -0.930. The molecule has 0 fully saturated rings. The van der Waals surface area contributed by atoms with E-state index in [1.165, 1.54) is 18.9 Å². The molecule has 17 heavy (non-hydrogen) atoms. The SMILES string of the molecule is CNCCCCN(C)CCc1ccccc1F. The van der Waals surface area contributed by atoms with E-state index in [-0.39, 0.29) is 5.82 Å². The van der Waals surface area contributed by atoms with E-state index in [0.717, 1.165) is 31.6 Å². The Morgan fingerprint density at radius 3 is 2.65 bits per heavy atom. The third-order valence-corrected chi connectivity index (χ3v) is 2.94. The minimum absolute atomic E-state index is 0.0870. The Bertz CT molecular complexity index is 315. The van der Waals surface area contributed by atoms with E-state index in [1.807, 2.05) is 19.2 Å². The number of nitrogens with one attached hydrogen (secondary N) is 1. The molecule has 96 valence electrons. The third-order valence-electron chi connectivity index (χ3n) is 2.94. The maximum atomic E-state index is 13.4. The van der Waals surface area contributed by atoms with Crippen molar-refractivity contribution in [3.05, 3.63) is 35.6 Å². The Balaban J connectivity index is 2.19. The highest BCUT2D eigenvalue weighted by atomic mass is 19.1. The molecule has 0 aromatic heterocycles. The van der Waals surface area contributed by atoms with Gasteiger partial charge in [0, 0.05) is 6.54 Å². The Labute approximate surface area is 104 Å². The van der Waals surface area contributed by atoms with Gasteiger partial charge in [0.1, 0.15) is 5.82 Å². The molecule has 3 heteroatoms. The van der Waals surface area contributed by atoms with Crippen LogP contribution in [-0.4, -0.2) is 38.6 Å². The summed E-state index contributed by atoms with van der Waals surface area (Å²) in [6, 6.07) is 7.03. The summed E-state index contributed by atoms with van der Waals surface area (Å²) in [4.78, 5) is 2.27. The van der Waals surface area contributed by atoms with Crippen LogP contribution in [0.4, 0.5) is 4.39 Å². The fourth-order valence-electron chi connectivity index (χ4n) is 1.81. The van der Waals surface area contributed by atoms with Gasteiger partial charge in [-0.05, 0) is 58.1 Å². The lowest BCUT2D eigenvalue weighted by Crippen LogP contribution is -2.23. The average molecular weight is 238 g/mol. The largest absolute Gasteiger partial charge is 0.320 e. The van der Waals surface area contributed by atoms with Crippen LogP contribution >= 0.6 is 0 Å². The predicted molar refractivity (Wildman–Crippen MR) is 70.8 cm³/mol. The Morgan fingerprint density at radius 1 is 1.18 bits per heavy atom. The van der Waals surface area contributed by atoms with Gasteiger partial charge in [-0.15, -0.1) is 0 Å². The molecule has 0 amide bonds. The standard InChI is InChI=1S/C14H23FN2/c1-16-10-5-6-11-17(2)12-9-13-7-3-4-8-14(13)15/h3-4,7-8,16H,5-6,9-12H2,1-2H3. The van der Waals surface area contributed by atoms with Crippen molar-refractivity contribution in [3.63, 3.8) is 0 Å². The maximum Gasteiger partial charge on any atom is 0.126 e. The summed E-state index contributed by atoms with van der Waals surface area (Å²) >= 11 is 0. The van der Waals surface area contributed by atoms with E-state index in [4.69, 9.17) is 0 Å². The summed E-state index contributed by atoms with van der Waals surface area (Å²) < 4.78 is 13.4. The zero-order valence-corrected chi connectivity index (χ0v) is 10.9. The number of halogens is 1. The third kappa shape index (κ3) is 5.80. The molecule has 1 aromatic rings. The number of hydrogen-bond acceptors (Lipinski definition) is 2. The van der Waals surface area contributed by atoms with E-state index >= 15 is 0 Å². The number of likely N-dealkylation sites (N-methyl/N-ethyl adjacent to an activating group) is 1. The monoisotopic (exact) mass is 238 g/mol. The molecule has 1 aromatic carbocycles. The fraction of sp³-hybridized carbons (Fsp3) is 0.571. The molecule has 1 N–H and O–H groups in total. The summed E-state index contributed by atoms with van der Waals surface area (Å²) in [7, 11) is 4.07. The van der Waals surface area contributed by atoms with Gasteiger partial charge in [0.15, 0.2) is 0 Å². The molecule has 0 aliphatic carbocycles. The van der Waals surface area contributed by atoms with Gasteiger partial charge in [-0.2, -0.15) is 0 Å². The topological polar surface area (TPSA) is 15.3 Å². The van der Waals surface area contributed by atoms with Crippen molar-refractivity contribution in [2.24, 2.45) is 0 Å². The van der Waals surface area contributed by atoms with Crippen molar-refractivity contribution in [3.8, 4) is 0 Å². The van der Waals surface area contributed by atoms with Gasteiger partial charge in [0.2, 0.25) is 0 Å². The molecule has 0 unspecified atom stereocenters. The van der Waals surface area contributed by atoms with Crippen LogP contribution in [-0.2, 0) is 6.42 Å². The lowest BCUT2D eigenvalue weighted by molar-refractivity contribution is 0.328. The number of rotatable bonds is 8. The van der Waals surface area contributed by atoms with Crippen molar-refractivity contribution in [1.82, 2.24) is 10.2 Å². The molecule has 0 atom stereocenters. The molecule has 0 spiro atoms. The van der Waals surface area contributed by atoms with Crippen molar-refractivity contribution in [1.29, 1.82) is 0 Å². The van der Waals surface area contributed by atoms with Crippen molar-refractivity contribution in [2.45, 2.75) is 19.3 Å². The summed E-state index contributed by atoms with van der Waals surface area (Å²) in [5, 5.41) is 3.14. The quantitative estimate of drug-likeness (QED) is 0.699. The number of unbranched alkanes of at least 4 members (excludes halogenated alkanes) is 1. The summed E-state index contributed by atoms with van der Waals surface area (Å²) in [6.07, 6.45) is 3.17. The second-order valence-electron chi connectivity index (χ2n) is 4.46. The zero-order chi connectivity index (χ0) is 12.5. The van der Waals surface area contributed by atoms with E-state index in [2.05, 4.69) is 17.3 Å². The predicted octanol–water partition coefficient (Wildman–Crippen LogP) is 2.30. The van der Waals surface area contributed by atoms with Crippen LogP contribution in [0.15, 0.2) is 24.3 Å². The van der Waals surface area contributed by atoms with E-state index in [1.54, 1.807) is 6.07 Å². The first-order chi connectivity index (χ1) is 8.24. The molecule has 0 radical (unpaired) electrons. The lowest BCUT2D eigenvalue weighted by Gasteiger charge is -2.16. The Kier molecular flexibility index (Phi) is 6.82. The van der Waals surface area contributed by atoms with E-state index in [0.29, 0.717) is 0 Å². The second-order valence-corrected chi connectivity index (χ2v) is 4.46. The first kappa shape index (κ1) is 14.1. The smallest absolute Gasteiger partial charge is 0.126 e. The molecular weight excluding hydrogens is 215 g/mol. The average Bonchev–Trinajstić information content (AvgIpc) is 2.34. The van der Waals surface area contributed by atoms with Crippen LogP contribution in [0.25, 0.3) is 0 Å². The zero-order valence-electron chi connectivity index (χ0n) is 10.9. The molecular formula is C14H23FN2. The van der Waals surface area contributed by atoms with Crippen molar-refractivity contribution in [2.75, 3.05) is 33.7 Å². The van der Waals surface area contributed by atoms with Crippen LogP contribution < -0.4 is 5.32 Å². The van der Waals surface area contributed by atoms with Gasteiger partial charge in [-0.25, -0.2) is 4.39 Å². The molecule has 0 aliphatic rings. The fourth-order valence-corrected chi connectivity index (χ4v) is 1.81. The van der Waals surface area contributed by atoms with Gasteiger partial charge in [0.05, 0.1) is 0 Å². The van der Waals surface area contributed by atoms with Gasteiger partial charge < -0.3 is 10.2 Å². The first-order valence-electron chi connectivity index (χ1n) is 6.30. The molecule has 0 heterocycles. The summed E-state index contributed by atoms with van der Waals surface area (Å²) in [5.41, 5.74) is 0.814. The van der Waals surface area contributed by atoms with Crippen LogP contribution in [0.5, 0.6) is 0 Å². The normalized spacial score (nSPS) is 11.1. The van der Waals surface area contributed by atoms with Gasteiger partial charge in [0.25, 0.3) is 0 Å². The molecule has 0 aliphatic heterocycles. The molecule has 2 nitrogen and oxygen atoms in total. The van der Waals surface area contributed by atoms with E-state index in [9.17, 15) is 4.39 Å². The van der Waals surface area contributed by atoms with Crippen LogP contribution in [0.1, 0.15) is 18.4 Å². The molecule has 0 saturated carbocycles. The lowest BCUT2D eigenvalue weighted by atomic mass is 10.1. The number of benzene rings is 1. The van der Waals surface area contributed by atoms with Crippen molar-refractivity contribution < 1.29 is 4.39 Å². The van der Waals surface area contributed by atoms with E-state index < -0.39 is 0 Å². The highest BCUT2D eigenvalue weighted by Crippen LogP contribution is 2.07. The second kappa shape index (κ2) is 8.20. The maximum absolute atomic E-state index is 13.4. The highest BCUT2D eigenvalue weighted by Gasteiger charge is 2.03. The first-order valence-corrected chi connectivity index (χ1v) is 6.30. The van der Waals surface area contributed by atoms with Crippen molar-refractivity contribution >= 4 is 0 Å². The van der Waals surface area contributed by atoms with Gasteiger partial charge in [-0.1, -0.05) is 18.2 Å².